The number of aliphatic carboxylic acids is 1. The summed E-state index contributed by atoms with van der Waals surface area (Å²) in [4.78, 5) is 11.5. The van der Waals surface area contributed by atoms with Crippen molar-refractivity contribution in [3.8, 4) is 11.5 Å². The first-order chi connectivity index (χ1) is 16.9. The molecule has 2 atom stereocenters. The van der Waals surface area contributed by atoms with Crippen LogP contribution in [0, 0.1) is 17.7 Å². The van der Waals surface area contributed by atoms with Crippen molar-refractivity contribution in [2.24, 2.45) is 11.8 Å². The van der Waals surface area contributed by atoms with E-state index in [0.29, 0.717) is 43.6 Å². The van der Waals surface area contributed by atoms with Crippen molar-refractivity contribution in [3.63, 3.8) is 0 Å². The second kappa shape index (κ2) is 10.3. The van der Waals surface area contributed by atoms with E-state index >= 15 is 4.39 Å². The van der Waals surface area contributed by atoms with Crippen LogP contribution in [-0.2, 0) is 4.79 Å². The molecule has 2 fully saturated rings. The largest absolute Gasteiger partial charge is 0.573 e. The molecule has 0 spiro atoms. The molecule has 36 heavy (non-hydrogen) atoms. The zero-order valence-electron chi connectivity index (χ0n) is 19.9. The molecule has 2 aromatic rings. The molecule has 1 N–H and O–H groups in total. The molecule has 0 aromatic heterocycles. The number of halogens is 5. The minimum Gasteiger partial charge on any atom is -0.493 e. The third-order valence-corrected chi connectivity index (χ3v) is 7.29. The predicted molar refractivity (Wildman–Crippen MR) is 122 cm³/mol. The van der Waals surface area contributed by atoms with Gasteiger partial charge in [-0.15, -0.1) is 13.2 Å². The van der Waals surface area contributed by atoms with Crippen LogP contribution in [0.25, 0.3) is 0 Å². The Morgan fingerprint density at radius 3 is 2.31 bits per heavy atom. The van der Waals surface area contributed by atoms with Crippen LogP contribution in [0.15, 0.2) is 42.5 Å². The lowest BCUT2D eigenvalue weighted by Gasteiger charge is -2.29. The minimum absolute atomic E-state index is 0.0120. The van der Waals surface area contributed by atoms with Gasteiger partial charge in [0.05, 0.1) is 6.61 Å². The molecule has 2 aliphatic carbocycles. The Morgan fingerprint density at radius 1 is 1.00 bits per heavy atom. The number of ether oxygens (including phenoxy) is 2. The molecule has 0 saturated heterocycles. The fourth-order valence-corrected chi connectivity index (χ4v) is 5.27. The normalized spacial score (nSPS) is 22.9. The van der Waals surface area contributed by atoms with Crippen molar-refractivity contribution >= 4 is 5.97 Å². The summed E-state index contributed by atoms with van der Waals surface area (Å²) in [6, 6.07) is 10.0. The number of carboxylic acids is 1. The predicted octanol–water partition coefficient (Wildman–Crippen LogP) is 7.38. The molecule has 0 heterocycles. The highest BCUT2D eigenvalue weighted by atomic mass is 19.4. The fraction of sp³-hybridized carbons (Fsp3) is 0.519. The van der Waals surface area contributed by atoms with Crippen LogP contribution >= 0.6 is 0 Å². The van der Waals surface area contributed by atoms with Crippen LogP contribution < -0.4 is 9.47 Å². The average molecular weight is 513 g/mol. The van der Waals surface area contributed by atoms with Crippen LogP contribution in [-0.4, -0.2) is 29.7 Å². The van der Waals surface area contributed by atoms with Gasteiger partial charge in [-0.25, -0.2) is 13.6 Å². The van der Waals surface area contributed by atoms with Gasteiger partial charge in [-0.1, -0.05) is 12.1 Å². The molecular weight excluding hydrogens is 483 g/mol. The Labute approximate surface area is 206 Å². The van der Waals surface area contributed by atoms with Crippen molar-refractivity contribution < 1.29 is 41.3 Å². The maximum Gasteiger partial charge on any atom is 0.573 e. The number of carbonyl (C=O) groups is 1. The number of hydrogen-bond acceptors (Lipinski definition) is 3. The smallest absolute Gasteiger partial charge is 0.493 e. The molecule has 4 nitrogen and oxygen atoms in total. The van der Waals surface area contributed by atoms with E-state index in [9.17, 15) is 27.5 Å². The topological polar surface area (TPSA) is 55.8 Å². The molecule has 9 heteroatoms. The summed E-state index contributed by atoms with van der Waals surface area (Å²) < 4.78 is 76.8. The SMILES string of the molecule is CC(F)(C(=O)O)[C@H](c1cccc(OC[C@H]2CC[C@H](c3cc(OC(F)(F)F)ccc3F)CC2)c1)C1CC1. The zero-order chi connectivity index (χ0) is 26.1. The van der Waals surface area contributed by atoms with E-state index in [1.807, 2.05) is 0 Å². The van der Waals surface area contributed by atoms with E-state index < -0.39 is 35.5 Å². The highest BCUT2D eigenvalue weighted by molar-refractivity contribution is 5.78. The summed E-state index contributed by atoms with van der Waals surface area (Å²) in [6.45, 7) is 1.49. The third-order valence-electron chi connectivity index (χ3n) is 7.29. The molecule has 2 saturated carbocycles. The quantitative estimate of drug-likeness (QED) is 0.356. The monoisotopic (exact) mass is 512 g/mol. The van der Waals surface area contributed by atoms with E-state index in [4.69, 9.17) is 4.74 Å². The Bertz CT molecular complexity index is 1070. The van der Waals surface area contributed by atoms with Crippen molar-refractivity contribution in [3.05, 3.63) is 59.4 Å². The van der Waals surface area contributed by atoms with E-state index in [-0.39, 0.29) is 23.3 Å². The fourth-order valence-electron chi connectivity index (χ4n) is 5.27. The van der Waals surface area contributed by atoms with Crippen molar-refractivity contribution in [1.82, 2.24) is 0 Å². The van der Waals surface area contributed by atoms with Crippen molar-refractivity contribution in [2.45, 2.75) is 69.3 Å². The molecule has 0 amide bonds. The van der Waals surface area contributed by atoms with Crippen LogP contribution in [0.1, 0.15) is 68.4 Å². The lowest BCUT2D eigenvalue weighted by Crippen LogP contribution is -2.38. The first-order valence-electron chi connectivity index (χ1n) is 12.1. The molecular formula is C27H29F5O4. The number of hydrogen-bond donors (Lipinski definition) is 1. The van der Waals surface area contributed by atoms with E-state index in [1.165, 1.54) is 0 Å². The van der Waals surface area contributed by atoms with Gasteiger partial charge in [-0.05, 0) is 105 Å². The Kier molecular flexibility index (Phi) is 7.48. The van der Waals surface area contributed by atoms with Gasteiger partial charge in [0, 0.05) is 5.92 Å². The number of rotatable bonds is 9. The maximum absolute atomic E-state index is 15.0. The van der Waals surface area contributed by atoms with E-state index in [1.54, 1.807) is 24.3 Å². The maximum atomic E-state index is 15.0. The molecule has 196 valence electrons. The Morgan fingerprint density at radius 2 is 1.69 bits per heavy atom. The van der Waals surface area contributed by atoms with Gasteiger partial charge in [0.1, 0.15) is 17.3 Å². The lowest BCUT2D eigenvalue weighted by molar-refractivity contribution is -0.274. The Balaban J connectivity index is 1.35. The molecule has 0 aliphatic heterocycles. The number of carboxylic acid groups (broad SMARTS) is 1. The van der Waals surface area contributed by atoms with Gasteiger partial charge in [-0.3, -0.25) is 0 Å². The Hall–Kier alpha value is -2.84. The highest BCUT2D eigenvalue weighted by Crippen LogP contribution is 2.50. The average Bonchev–Trinajstić information content (AvgIpc) is 3.63. The van der Waals surface area contributed by atoms with Crippen molar-refractivity contribution in [1.29, 1.82) is 0 Å². The summed E-state index contributed by atoms with van der Waals surface area (Å²) in [5.74, 6) is -2.72. The second-order valence-corrected chi connectivity index (χ2v) is 10.0. The summed E-state index contributed by atoms with van der Waals surface area (Å²) in [5, 5.41) is 9.39. The standard InChI is InChI=1S/C27H29F5O4/c1-26(29,25(33)34)24(18-9-10-18)19-3-2-4-20(13-19)35-15-16-5-7-17(8-6-16)22-14-21(11-12-23(22)28)36-27(30,31)32/h2-4,11-14,16-18,24H,5-10,15H2,1H3,(H,33,34)/t16-,17-,24-,26?/m0/s1. The third kappa shape index (κ3) is 6.28. The second-order valence-electron chi connectivity index (χ2n) is 10.0. The van der Waals surface area contributed by atoms with Gasteiger partial charge >= 0.3 is 12.3 Å². The number of benzene rings is 2. The van der Waals surface area contributed by atoms with Crippen LogP contribution in [0.5, 0.6) is 11.5 Å². The molecule has 1 unspecified atom stereocenters. The summed E-state index contributed by atoms with van der Waals surface area (Å²) in [7, 11) is 0. The van der Waals surface area contributed by atoms with Gasteiger partial charge in [0.2, 0.25) is 5.67 Å². The summed E-state index contributed by atoms with van der Waals surface area (Å²) in [6.07, 6.45) is -0.640. The van der Waals surface area contributed by atoms with Gasteiger partial charge in [0.15, 0.2) is 0 Å². The molecule has 0 bridgehead atoms. The van der Waals surface area contributed by atoms with Gasteiger partial charge in [-0.2, -0.15) is 0 Å². The van der Waals surface area contributed by atoms with Crippen LogP contribution in [0.3, 0.4) is 0 Å². The van der Waals surface area contributed by atoms with Crippen LogP contribution in [0.2, 0.25) is 0 Å². The first-order valence-corrected chi connectivity index (χ1v) is 12.1. The van der Waals surface area contributed by atoms with E-state index in [0.717, 1.165) is 38.0 Å². The lowest BCUT2D eigenvalue weighted by atomic mass is 9.79. The van der Waals surface area contributed by atoms with Crippen LogP contribution in [0.4, 0.5) is 22.0 Å². The molecule has 0 radical (unpaired) electrons. The van der Waals surface area contributed by atoms with Gasteiger partial charge in [0.25, 0.3) is 0 Å². The zero-order valence-corrected chi connectivity index (χ0v) is 19.9. The molecule has 4 rings (SSSR count). The van der Waals surface area contributed by atoms with E-state index in [2.05, 4.69) is 4.74 Å². The number of alkyl halides is 4. The molecule has 2 aliphatic rings. The highest BCUT2D eigenvalue weighted by Gasteiger charge is 2.50. The van der Waals surface area contributed by atoms with Crippen molar-refractivity contribution in [2.75, 3.05) is 6.61 Å². The molecule has 2 aromatic carbocycles. The van der Waals surface area contributed by atoms with Gasteiger partial charge < -0.3 is 14.6 Å². The first kappa shape index (κ1) is 26.2. The summed E-state index contributed by atoms with van der Waals surface area (Å²) in [5.41, 5.74) is -1.55. The minimum atomic E-state index is -4.84. The summed E-state index contributed by atoms with van der Waals surface area (Å²) >= 11 is 0.